The van der Waals surface area contributed by atoms with Crippen molar-refractivity contribution in [2.24, 2.45) is 11.3 Å². The van der Waals surface area contributed by atoms with Crippen LogP contribution in [0.2, 0.25) is 0 Å². The van der Waals surface area contributed by atoms with E-state index in [0.29, 0.717) is 12.8 Å². The number of hydrogen-bond donors (Lipinski definition) is 4. The molecule has 0 aromatic rings. The predicted octanol–water partition coefficient (Wildman–Crippen LogP) is 0.311. The zero-order valence-corrected chi connectivity index (χ0v) is 12.2. The number of carbonyl (C=O) groups excluding carboxylic acids is 2. The van der Waals surface area contributed by atoms with Crippen LogP contribution < -0.4 is 16.0 Å². The molecule has 1 aliphatic carbocycles. The molecule has 0 bridgehead atoms. The zero-order valence-electron chi connectivity index (χ0n) is 12.2. The molecule has 4 N–H and O–H groups in total. The van der Waals surface area contributed by atoms with Crippen LogP contribution in [0.3, 0.4) is 0 Å². The Kier molecular flexibility index (Phi) is 5.35. The number of carbonyl (C=O) groups is 3. The first-order valence-corrected chi connectivity index (χ1v) is 6.77. The lowest BCUT2D eigenvalue weighted by molar-refractivity contribution is -0.142. The van der Waals surface area contributed by atoms with Gasteiger partial charge in [0.05, 0.1) is 11.3 Å². The molecule has 1 fully saturated rings. The topological polar surface area (TPSA) is 108 Å². The number of carboxylic acid groups (broad SMARTS) is 1. The van der Waals surface area contributed by atoms with E-state index in [4.69, 9.17) is 5.11 Å². The number of rotatable bonds is 5. The maximum absolute atomic E-state index is 11.8. The second kappa shape index (κ2) is 6.58. The third kappa shape index (κ3) is 4.11. The molecule has 20 heavy (non-hydrogen) atoms. The highest BCUT2D eigenvalue weighted by atomic mass is 16.4. The van der Waals surface area contributed by atoms with Gasteiger partial charge in [-0.05, 0) is 26.7 Å². The lowest BCUT2D eigenvalue weighted by Crippen LogP contribution is -2.50. The molecule has 7 nitrogen and oxygen atoms in total. The van der Waals surface area contributed by atoms with Gasteiger partial charge in [-0.15, -0.1) is 0 Å². The largest absolute Gasteiger partial charge is 0.481 e. The Bertz CT molecular complexity index is 395. The van der Waals surface area contributed by atoms with Gasteiger partial charge >= 0.3 is 12.0 Å². The summed E-state index contributed by atoms with van der Waals surface area (Å²) in [5, 5.41) is 16.9. The van der Waals surface area contributed by atoms with Crippen molar-refractivity contribution in [3.63, 3.8) is 0 Å². The first kappa shape index (κ1) is 16.3. The van der Waals surface area contributed by atoms with Crippen molar-refractivity contribution < 1.29 is 19.5 Å². The summed E-state index contributed by atoms with van der Waals surface area (Å²) < 4.78 is 0. The molecule has 0 aromatic heterocycles. The normalized spacial score (nSPS) is 22.1. The Hall–Kier alpha value is -1.79. The zero-order chi connectivity index (χ0) is 15.3. The van der Waals surface area contributed by atoms with E-state index in [1.807, 2.05) is 0 Å². The molecule has 0 aliphatic heterocycles. The SMILES string of the molecule is CNC(=O)C(C)(C)CNC(=O)NC1CCCC1C(=O)O. The molecule has 1 rings (SSSR count). The molecule has 114 valence electrons. The molecule has 1 aliphatic rings. The summed E-state index contributed by atoms with van der Waals surface area (Å²) in [4.78, 5) is 34.4. The first-order chi connectivity index (χ1) is 9.27. The second-order valence-corrected chi connectivity index (χ2v) is 5.77. The Morgan fingerprint density at radius 3 is 2.45 bits per heavy atom. The number of hydrogen-bond acceptors (Lipinski definition) is 3. The lowest BCUT2D eigenvalue weighted by Gasteiger charge is -2.24. The molecule has 7 heteroatoms. The van der Waals surface area contributed by atoms with Crippen LogP contribution in [-0.2, 0) is 9.59 Å². The summed E-state index contributed by atoms with van der Waals surface area (Å²) in [7, 11) is 1.54. The fraction of sp³-hybridized carbons (Fsp3) is 0.769. The standard InChI is InChI=1S/C13H23N3O4/c1-13(2,11(19)14-3)7-15-12(20)16-9-6-4-5-8(9)10(17)18/h8-9H,4-7H2,1-3H3,(H,14,19)(H,17,18)(H2,15,16,20). The number of nitrogens with one attached hydrogen (secondary N) is 3. The van der Waals surface area contributed by atoms with E-state index in [0.717, 1.165) is 6.42 Å². The van der Waals surface area contributed by atoms with Crippen LogP contribution in [0, 0.1) is 11.3 Å². The molecule has 3 amide bonds. The van der Waals surface area contributed by atoms with Crippen molar-refractivity contribution in [1.82, 2.24) is 16.0 Å². The second-order valence-electron chi connectivity index (χ2n) is 5.77. The van der Waals surface area contributed by atoms with Gasteiger partial charge in [0.2, 0.25) is 5.91 Å². The van der Waals surface area contributed by atoms with Gasteiger partial charge in [-0.2, -0.15) is 0 Å². The van der Waals surface area contributed by atoms with Crippen molar-refractivity contribution in [3.8, 4) is 0 Å². The third-order valence-corrected chi connectivity index (χ3v) is 3.68. The Morgan fingerprint density at radius 1 is 1.25 bits per heavy atom. The van der Waals surface area contributed by atoms with Crippen molar-refractivity contribution in [2.75, 3.05) is 13.6 Å². The molecular formula is C13H23N3O4. The van der Waals surface area contributed by atoms with E-state index >= 15 is 0 Å². The summed E-state index contributed by atoms with van der Waals surface area (Å²) in [5.41, 5.74) is -0.714. The first-order valence-electron chi connectivity index (χ1n) is 6.77. The van der Waals surface area contributed by atoms with Gasteiger partial charge in [-0.3, -0.25) is 9.59 Å². The maximum atomic E-state index is 11.8. The van der Waals surface area contributed by atoms with Crippen LogP contribution in [0.4, 0.5) is 4.79 Å². The van der Waals surface area contributed by atoms with Crippen LogP contribution in [0.15, 0.2) is 0 Å². The highest BCUT2D eigenvalue weighted by molar-refractivity contribution is 5.83. The molecule has 0 spiro atoms. The van der Waals surface area contributed by atoms with E-state index in [-0.39, 0.29) is 18.5 Å². The smallest absolute Gasteiger partial charge is 0.315 e. The Morgan fingerprint density at radius 2 is 1.90 bits per heavy atom. The highest BCUT2D eigenvalue weighted by Gasteiger charge is 2.34. The van der Waals surface area contributed by atoms with Crippen LogP contribution in [-0.4, -0.2) is 42.6 Å². The molecule has 1 saturated carbocycles. The number of aliphatic carboxylic acids is 1. The Labute approximate surface area is 118 Å². The minimum Gasteiger partial charge on any atom is -0.481 e. The Balaban J connectivity index is 2.44. The maximum Gasteiger partial charge on any atom is 0.315 e. The number of carboxylic acids is 1. The minimum absolute atomic E-state index is 0.165. The van der Waals surface area contributed by atoms with Gasteiger partial charge in [-0.25, -0.2) is 4.79 Å². The number of urea groups is 1. The van der Waals surface area contributed by atoms with Crippen molar-refractivity contribution in [2.45, 2.75) is 39.2 Å². The predicted molar refractivity (Wildman–Crippen MR) is 73.1 cm³/mol. The fourth-order valence-corrected chi connectivity index (χ4v) is 2.37. The van der Waals surface area contributed by atoms with E-state index in [1.54, 1.807) is 20.9 Å². The van der Waals surface area contributed by atoms with E-state index in [2.05, 4.69) is 16.0 Å². The molecule has 2 unspecified atom stereocenters. The van der Waals surface area contributed by atoms with Gasteiger partial charge in [0, 0.05) is 19.6 Å². The summed E-state index contributed by atoms with van der Waals surface area (Å²) in [6, 6.07) is -0.768. The summed E-state index contributed by atoms with van der Waals surface area (Å²) >= 11 is 0. The van der Waals surface area contributed by atoms with Crippen molar-refractivity contribution >= 4 is 17.9 Å². The molecule has 0 heterocycles. The van der Waals surface area contributed by atoms with E-state index in [1.165, 1.54) is 0 Å². The molecular weight excluding hydrogens is 262 g/mol. The van der Waals surface area contributed by atoms with Crippen LogP contribution >= 0.6 is 0 Å². The molecule has 0 radical (unpaired) electrons. The van der Waals surface area contributed by atoms with Gasteiger partial charge in [0.25, 0.3) is 0 Å². The lowest BCUT2D eigenvalue weighted by atomic mass is 9.92. The fourth-order valence-electron chi connectivity index (χ4n) is 2.37. The quantitative estimate of drug-likeness (QED) is 0.583. The van der Waals surface area contributed by atoms with Gasteiger partial charge < -0.3 is 21.1 Å². The van der Waals surface area contributed by atoms with Crippen LogP contribution in [0.5, 0.6) is 0 Å². The van der Waals surface area contributed by atoms with Crippen LogP contribution in [0.25, 0.3) is 0 Å². The number of amides is 3. The van der Waals surface area contributed by atoms with Gasteiger partial charge in [-0.1, -0.05) is 6.42 Å². The van der Waals surface area contributed by atoms with Gasteiger partial charge in [0.15, 0.2) is 0 Å². The van der Waals surface area contributed by atoms with Crippen molar-refractivity contribution in [1.29, 1.82) is 0 Å². The summed E-state index contributed by atoms with van der Waals surface area (Å²) in [6.07, 6.45) is 2.05. The average Bonchev–Trinajstić information content (AvgIpc) is 2.83. The van der Waals surface area contributed by atoms with E-state index in [9.17, 15) is 14.4 Å². The highest BCUT2D eigenvalue weighted by Crippen LogP contribution is 2.25. The molecule has 0 saturated heterocycles. The summed E-state index contributed by atoms with van der Waals surface area (Å²) in [5.74, 6) is -1.56. The van der Waals surface area contributed by atoms with Gasteiger partial charge in [0.1, 0.15) is 0 Å². The minimum atomic E-state index is -0.876. The monoisotopic (exact) mass is 285 g/mol. The summed E-state index contributed by atoms with van der Waals surface area (Å²) in [6.45, 7) is 3.63. The van der Waals surface area contributed by atoms with Crippen molar-refractivity contribution in [3.05, 3.63) is 0 Å². The third-order valence-electron chi connectivity index (χ3n) is 3.68. The van der Waals surface area contributed by atoms with E-state index < -0.39 is 23.3 Å². The molecule has 0 aromatic carbocycles. The average molecular weight is 285 g/mol. The molecule has 2 atom stereocenters. The van der Waals surface area contributed by atoms with Crippen LogP contribution in [0.1, 0.15) is 33.1 Å².